The molecule has 0 fully saturated rings. The Morgan fingerprint density at radius 2 is 1.81 bits per heavy atom. The van der Waals surface area contributed by atoms with Crippen LogP contribution in [0.15, 0.2) is 24.3 Å². The molecule has 1 aromatic rings. The van der Waals surface area contributed by atoms with E-state index in [-0.39, 0.29) is 0 Å². The zero-order valence-corrected chi connectivity index (χ0v) is 11.5. The summed E-state index contributed by atoms with van der Waals surface area (Å²) >= 11 is 0. The summed E-state index contributed by atoms with van der Waals surface area (Å²) in [5.74, 6) is 0. The Morgan fingerprint density at radius 3 is 2.44 bits per heavy atom. The largest absolute Gasteiger partial charge is 0.323 e. The van der Waals surface area contributed by atoms with E-state index in [1.54, 1.807) is 11.1 Å². The monoisotopic (exact) mass is 220 g/mol. The molecule has 0 unspecified atom stereocenters. The van der Waals surface area contributed by atoms with Gasteiger partial charge in [0.15, 0.2) is 0 Å². The molecule has 90 valence electrons. The van der Waals surface area contributed by atoms with Gasteiger partial charge in [0.05, 0.1) is 20.6 Å². The van der Waals surface area contributed by atoms with Crippen molar-refractivity contribution < 1.29 is 4.48 Å². The molecule has 0 aromatic heterocycles. The van der Waals surface area contributed by atoms with Gasteiger partial charge in [-0.05, 0) is 18.9 Å². The molecule has 2 rings (SSSR count). The first-order valence-electron chi connectivity index (χ1n) is 6.55. The fourth-order valence-electron chi connectivity index (χ4n) is 2.48. The Bertz CT molecular complexity index is 328. The number of hydrogen-bond acceptors (Lipinski definition) is 0. The second-order valence-electron chi connectivity index (χ2n) is 4.85. The topological polar surface area (TPSA) is 0 Å². The number of aryl methyl sites for hydroxylation is 1. The summed E-state index contributed by atoms with van der Waals surface area (Å²) in [5, 5.41) is 0. The first-order chi connectivity index (χ1) is 7.65. The number of quaternary nitrogens is 1. The van der Waals surface area contributed by atoms with Gasteiger partial charge in [0.2, 0.25) is 0 Å². The highest BCUT2D eigenvalue weighted by Gasteiger charge is 2.33. The van der Waals surface area contributed by atoms with Crippen LogP contribution >= 0.6 is 0 Å². The summed E-state index contributed by atoms with van der Waals surface area (Å²) < 4.78 is 1.12. The SMILES string of the molecule is CC.CC[N+](C)(C)[C@@H]1CCc2ccccc21. The molecule has 0 heterocycles. The quantitative estimate of drug-likeness (QED) is 0.665. The summed E-state index contributed by atoms with van der Waals surface area (Å²) in [5.41, 5.74) is 3.15. The van der Waals surface area contributed by atoms with E-state index >= 15 is 0 Å². The molecule has 1 atom stereocenters. The third-order valence-corrected chi connectivity index (χ3v) is 3.76. The van der Waals surface area contributed by atoms with Crippen molar-refractivity contribution in [2.45, 2.75) is 39.7 Å². The average molecular weight is 220 g/mol. The molecule has 0 saturated carbocycles. The van der Waals surface area contributed by atoms with E-state index in [1.165, 1.54) is 19.4 Å². The standard InChI is InChI=1S/C13H20N.C2H6/c1-4-14(2,3)13-10-9-11-7-5-6-8-12(11)13;1-2/h5-8,13H,4,9-10H2,1-3H3;1-2H3/q+1;/t13-;/m1./s1. The number of nitrogens with zero attached hydrogens (tertiary/aromatic N) is 1. The van der Waals surface area contributed by atoms with Gasteiger partial charge in [-0.2, -0.15) is 0 Å². The van der Waals surface area contributed by atoms with Crippen LogP contribution < -0.4 is 0 Å². The van der Waals surface area contributed by atoms with Crippen LogP contribution in [-0.2, 0) is 6.42 Å². The van der Waals surface area contributed by atoms with Gasteiger partial charge in [-0.1, -0.05) is 38.1 Å². The Labute approximate surface area is 101 Å². The summed E-state index contributed by atoms with van der Waals surface area (Å²) in [4.78, 5) is 0. The Morgan fingerprint density at radius 1 is 1.19 bits per heavy atom. The number of hydrogen-bond donors (Lipinski definition) is 0. The van der Waals surface area contributed by atoms with Gasteiger partial charge < -0.3 is 4.48 Å². The first kappa shape index (κ1) is 13.2. The molecule has 1 nitrogen and oxygen atoms in total. The van der Waals surface area contributed by atoms with Crippen molar-refractivity contribution in [3.8, 4) is 0 Å². The van der Waals surface area contributed by atoms with Crippen LogP contribution in [0.4, 0.5) is 0 Å². The summed E-state index contributed by atoms with van der Waals surface area (Å²) in [6.45, 7) is 7.49. The van der Waals surface area contributed by atoms with Gasteiger partial charge in [-0.15, -0.1) is 0 Å². The van der Waals surface area contributed by atoms with E-state index < -0.39 is 0 Å². The maximum atomic E-state index is 2.34. The predicted octanol–water partition coefficient (Wildman–Crippen LogP) is 3.80. The molecule has 1 aliphatic carbocycles. The van der Waals surface area contributed by atoms with E-state index in [4.69, 9.17) is 0 Å². The fraction of sp³-hybridized carbons (Fsp3) is 0.600. The molecule has 0 aliphatic heterocycles. The van der Waals surface area contributed by atoms with Crippen molar-refractivity contribution in [1.29, 1.82) is 0 Å². The van der Waals surface area contributed by atoms with Crippen molar-refractivity contribution >= 4 is 0 Å². The summed E-state index contributed by atoms with van der Waals surface area (Å²) in [6, 6.07) is 9.64. The van der Waals surface area contributed by atoms with Gasteiger partial charge in [-0.3, -0.25) is 0 Å². The molecular weight excluding hydrogens is 194 g/mol. The van der Waals surface area contributed by atoms with E-state index in [9.17, 15) is 0 Å². The van der Waals surface area contributed by atoms with E-state index in [1.807, 2.05) is 13.8 Å². The minimum atomic E-state index is 0.719. The van der Waals surface area contributed by atoms with Crippen molar-refractivity contribution in [2.75, 3.05) is 20.6 Å². The summed E-state index contributed by atoms with van der Waals surface area (Å²) in [6.07, 6.45) is 2.59. The van der Waals surface area contributed by atoms with Crippen LogP contribution in [0.5, 0.6) is 0 Å². The maximum absolute atomic E-state index is 2.34. The lowest BCUT2D eigenvalue weighted by Gasteiger charge is -2.35. The lowest BCUT2D eigenvalue weighted by Crippen LogP contribution is -2.41. The molecular formula is C15H26N+. The van der Waals surface area contributed by atoms with Crippen LogP contribution in [0.2, 0.25) is 0 Å². The lowest BCUT2D eigenvalue weighted by molar-refractivity contribution is -0.919. The van der Waals surface area contributed by atoms with Crippen LogP contribution in [-0.4, -0.2) is 25.1 Å². The van der Waals surface area contributed by atoms with Crippen molar-refractivity contribution in [1.82, 2.24) is 0 Å². The van der Waals surface area contributed by atoms with Crippen molar-refractivity contribution in [3.63, 3.8) is 0 Å². The highest BCUT2D eigenvalue weighted by Crippen LogP contribution is 2.37. The van der Waals surface area contributed by atoms with Crippen molar-refractivity contribution in [3.05, 3.63) is 35.4 Å². The highest BCUT2D eigenvalue weighted by molar-refractivity contribution is 5.33. The normalized spacial score (nSPS) is 18.7. The molecule has 1 aromatic carbocycles. The highest BCUT2D eigenvalue weighted by atomic mass is 15.3. The minimum Gasteiger partial charge on any atom is -0.323 e. The van der Waals surface area contributed by atoms with Gasteiger partial charge >= 0.3 is 0 Å². The zero-order valence-electron chi connectivity index (χ0n) is 11.5. The predicted molar refractivity (Wildman–Crippen MR) is 71.5 cm³/mol. The molecule has 0 N–H and O–H groups in total. The number of rotatable bonds is 2. The van der Waals surface area contributed by atoms with Gasteiger partial charge in [0.1, 0.15) is 6.04 Å². The lowest BCUT2D eigenvalue weighted by atomic mass is 10.1. The van der Waals surface area contributed by atoms with Crippen LogP contribution in [0.1, 0.15) is 44.4 Å². The average Bonchev–Trinajstić information content (AvgIpc) is 2.76. The molecule has 16 heavy (non-hydrogen) atoms. The Kier molecular flexibility index (Phi) is 4.55. The van der Waals surface area contributed by atoms with E-state index in [2.05, 4.69) is 45.3 Å². The number of fused-ring (bicyclic) bond motifs is 1. The molecule has 0 spiro atoms. The van der Waals surface area contributed by atoms with Gasteiger partial charge in [0.25, 0.3) is 0 Å². The molecule has 0 amide bonds. The van der Waals surface area contributed by atoms with Gasteiger partial charge in [-0.25, -0.2) is 0 Å². The molecule has 0 radical (unpaired) electrons. The first-order valence-corrected chi connectivity index (χ1v) is 6.55. The Balaban J connectivity index is 0.000000606. The van der Waals surface area contributed by atoms with Crippen LogP contribution in [0, 0.1) is 0 Å². The summed E-state index contributed by atoms with van der Waals surface area (Å²) in [7, 11) is 4.68. The Hall–Kier alpha value is -0.820. The smallest absolute Gasteiger partial charge is 0.115 e. The third-order valence-electron chi connectivity index (χ3n) is 3.76. The van der Waals surface area contributed by atoms with E-state index in [0.717, 1.165) is 10.5 Å². The zero-order chi connectivity index (χ0) is 12.2. The molecule has 0 bridgehead atoms. The minimum absolute atomic E-state index is 0.719. The maximum Gasteiger partial charge on any atom is 0.115 e. The molecule has 1 aliphatic rings. The fourth-order valence-corrected chi connectivity index (χ4v) is 2.48. The molecule has 1 heteroatoms. The van der Waals surface area contributed by atoms with E-state index in [0.29, 0.717) is 0 Å². The third kappa shape index (κ3) is 2.46. The van der Waals surface area contributed by atoms with Crippen LogP contribution in [0.3, 0.4) is 0 Å². The second-order valence-corrected chi connectivity index (χ2v) is 4.85. The molecule has 0 saturated heterocycles. The van der Waals surface area contributed by atoms with Crippen molar-refractivity contribution in [2.24, 2.45) is 0 Å². The van der Waals surface area contributed by atoms with Crippen LogP contribution in [0.25, 0.3) is 0 Å². The second kappa shape index (κ2) is 5.49. The number of benzene rings is 1. The van der Waals surface area contributed by atoms with Gasteiger partial charge in [0, 0.05) is 12.0 Å².